The van der Waals surface area contributed by atoms with Gasteiger partial charge in [-0.2, -0.15) is 0 Å². The summed E-state index contributed by atoms with van der Waals surface area (Å²) in [5.74, 6) is -0.304. The molecule has 1 saturated carbocycles. The van der Waals surface area contributed by atoms with Crippen LogP contribution in [0.4, 0.5) is 5.69 Å². The minimum Gasteiger partial charge on any atom is -0.350 e. The molecule has 0 spiro atoms. The molecule has 132 valence electrons. The van der Waals surface area contributed by atoms with Crippen molar-refractivity contribution in [2.24, 2.45) is 0 Å². The number of nitrogens with one attached hydrogen (secondary N) is 1. The fourth-order valence-electron chi connectivity index (χ4n) is 2.97. The highest BCUT2D eigenvalue weighted by atomic mass is 32.2. The molecule has 1 heterocycles. The lowest BCUT2D eigenvalue weighted by Gasteiger charge is -2.30. The van der Waals surface area contributed by atoms with Crippen molar-refractivity contribution in [3.05, 3.63) is 70.6 Å². The van der Waals surface area contributed by atoms with Gasteiger partial charge in [-0.25, -0.2) is 0 Å². The molecule has 0 aromatic heterocycles. The van der Waals surface area contributed by atoms with Crippen LogP contribution >= 0.6 is 11.8 Å². The topological polar surface area (TPSA) is 49.4 Å². The third-order valence-electron chi connectivity index (χ3n) is 4.61. The Morgan fingerprint density at radius 1 is 1.19 bits per heavy atom. The van der Waals surface area contributed by atoms with E-state index >= 15 is 0 Å². The minimum absolute atomic E-state index is 0.122. The molecule has 2 aromatic carbocycles. The minimum atomic E-state index is -0.182. The van der Waals surface area contributed by atoms with E-state index in [1.165, 1.54) is 17.8 Å². The zero-order valence-electron chi connectivity index (χ0n) is 14.6. The molecule has 0 saturated heterocycles. The summed E-state index contributed by atoms with van der Waals surface area (Å²) in [4.78, 5) is 28.5. The van der Waals surface area contributed by atoms with E-state index in [2.05, 4.69) is 5.32 Å². The summed E-state index contributed by atoms with van der Waals surface area (Å²) in [6.45, 7) is 2.54. The highest BCUT2D eigenvalue weighted by Gasteiger charge is 2.30. The average molecular weight is 364 g/mol. The summed E-state index contributed by atoms with van der Waals surface area (Å²) in [6, 6.07) is 16.2. The van der Waals surface area contributed by atoms with Crippen molar-refractivity contribution >= 4 is 29.3 Å². The molecule has 4 rings (SSSR count). The quantitative estimate of drug-likeness (QED) is 0.840. The van der Waals surface area contributed by atoms with E-state index in [0.29, 0.717) is 11.4 Å². The van der Waals surface area contributed by atoms with Crippen molar-refractivity contribution < 1.29 is 9.59 Å². The number of fused-ring (bicyclic) bond motifs is 1. The molecule has 1 aliphatic heterocycles. The first-order valence-electron chi connectivity index (χ1n) is 8.77. The van der Waals surface area contributed by atoms with Gasteiger partial charge in [-0.15, -0.1) is 0 Å². The third-order valence-corrected chi connectivity index (χ3v) is 5.69. The molecule has 4 nitrogen and oxygen atoms in total. The van der Waals surface area contributed by atoms with E-state index in [4.69, 9.17) is 0 Å². The van der Waals surface area contributed by atoms with Crippen LogP contribution in [-0.4, -0.2) is 17.9 Å². The molecule has 2 aromatic rings. The molecule has 0 radical (unpaired) electrons. The molecule has 2 aliphatic rings. The number of para-hydroxylation sites is 1. The van der Waals surface area contributed by atoms with Gasteiger partial charge in [0.25, 0.3) is 5.91 Å². The SMILES string of the molecule is Cc1ccccc1CN1C(=O)/C(=C/C(=O)NC2CC2)Sc2ccccc21. The zero-order valence-corrected chi connectivity index (χ0v) is 15.4. The predicted octanol–water partition coefficient (Wildman–Crippen LogP) is 3.80. The Kier molecular flexibility index (Phi) is 4.55. The number of benzene rings is 2. The van der Waals surface area contributed by atoms with Gasteiger partial charge in [0.05, 0.1) is 17.1 Å². The molecular weight excluding hydrogens is 344 g/mol. The lowest BCUT2D eigenvalue weighted by molar-refractivity contribution is -0.118. The van der Waals surface area contributed by atoms with E-state index in [-0.39, 0.29) is 17.9 Å². The number of hydrogen-bond donors (Lipinski definition) is 1. The number of rotatable bonds is 4. The van der Waals surface area contributed by atoms with E-state index < -0.39 is 0 Å². The van der Waals surface area contributed by atoms with Crippen LogP contribution in [-0.2, 0) is 16.1 Å². The molecule has 1 fully saturated rings. The van der Waals surface area contributed by atoms with Crippen molar-refractivity contribution in [1.29, 1.82) is 0 Å². The van der Waals surface area contributed by atoms with Crippen LogP contribution in [0.2, 0.25) is 0 Å². The van der Waals surface area contributed by atoms with Crippen molar-refractivity contribution in [3.8, 4) is 0 Å². The summed E-state index contributed by atoms with van der Waals surface area (Å²) < 4.78 is 0. The number of hydrogen-bond acceptors (Lipinski definition) is 3. The van der Waals surface area contributed by atoms with Crippen LogP contribution in [0.5, 0.6) is 0 Å². The maximum Gasteiger partial charge on any atom is 0.265 e. The molecule has 0 unspecified atom stereocenters. The lowest BCUT2D eigenvalue weighted by atomic mass is 10.1. The second kappa shape index (κ2) is 7.00. The molecule has 0 bridgehead atoms. The monoisotopic (exact) mass is 364 g/mol. The Labute approximate surface area is 157 Å². The summed E-state index contributed by atoms with van der Waals surface area (Å²) >= 11 is 1.37. The van der Waals surface area contributed by atoms with E-state index in [1.54, 1.807) is 4.90 Å². The first-order chi connectivity index (χ1) is 12.6. The molecule has 1 N–H and O–H groups in total. The maximum absolute atomic E-state index is 13.1. The second-order valence-corrected chi connectivity index (χ2v) is 7.76. The summed E-state index contributed by atoms with van der Waals surface area (Å²) in [6.07, 6.45) is 3.50. The van der Waals surface area contributed by atoms with Gasteiger partial charge in [-0.05, 0) is 43.0 Å². The van der Waals surface area contributed by atoms with Crippen LogP contribution < -0.4 is 10.2 Å². The summed E-state index contributed by atoms with van der Waals surface area (Å²) in [5.41, 5.74) is 3.14. The average Bonchev–Trinajstić information content (AvgIpc) is 3.44. The first kappa shape index (κ1) is 16.9. The Morgan fingerprint density at radius 3 is 2.69 bits per heavy atom. The Bertz CT molecular complexity index is 902. The number of anilines is 1. The van der Waals surface area contributed by atoms with Gasteiger partial charge in [0.15, 0.2) is 0 Å². The number of carbonyl (C=O) groups excluding carboxylic acids is 2. The van der Waals surface area contributed by atoms with Crippen LogP contribution in [0, 0.1) is 6.92 Å². The van der Waals surface area contributed by atoms with E-state index in [1.807, 2.05) is 55.5 Å². The van der Waals surface area contributed by atoms with Gasteiger partial charge in [-0.3, -0.25) is 9.59 Å². The number of aryl methyl sites for hydroxylation is 1. The molecular formula is C21H20N2O2S. The second-order valence-electron chi connectivity index (χ2n) is 6.68. The van der Waals surface area contributed by atoms with Gasteiger partial charge < -0.3 is 10.2 Å². The largest absolute Gasteiger partial charge is 0.350 e. The van der Waals surface area contributed by atoms with Gasteiger partial charge in [0, 0.05) is 17.0 Å². The number of amides is 2. The fraction of sp³-hybridized carbons (Fsp3) is 0.238. The lowest BCUT2D eigenvalue weighted by Crippen LogP contribution is -2.35. The van der Waals surface area contributed by atoms with E-state index in [0.717, 1.165) is 34.6 Å². The van der Waals surface area contributed by atoms with Gasteiger partial charge in [0.1, 0.15) is 0 Å². The number of thioether (sulfide) groups is 1. The molecule has 26 heavy (non-hydrogen) atoms. The standard InChI is InChI=1S/C21H20N2O2S/c1-14-6-2-3-7-15(14)13-23-17-8-4-5-9-18(17)26-19(21(23)25)12-20(24)22-16-10-11-16/h2-9,12,16H,10-11,13H2,1H3,(H,22,24)/b19-12-. The summed E-state index contributed by atoms with van der Waals surface area (Å²) in [5, 5.41) is 2.92. The Morgan fingerprint density at radius 2 is 1.92 bits per heavy atom. The Hall–Kier alpha value is -2.53. The molecule has 0 atom stereocenters. The zero-order chi connectivity index (χ0) is 18.1. The molecule has 5 heteroatoms. The summed E-state index contributed by atoms with van der Waals surface area (Å²) in [7, 11) is 0. The van der Waals surface area contributed by atoms with Crippen LogP contribution in [0.15, 0.2) is 64.4 Å². The highest BCUT2D eigenvalue weighted by Crippen LogP contribution is 2.42. The van der Waals surface area contributed by atoms with Crippen molar-refractivity contribution in [3.63, 3.8) is 0 Å². The van der Waals surface area contributed by atoms with Crippen molar-refractivity contribution in [2.75, 3.05) is 4.90 Å². The van der Waals surface area contributed by atoms with Crippen molar-refractivity contribution in [1.82, 2.24) is 5.32 Å². The normalized spacial score (nSPS) is 18.0. The fourth-order valence-corrected chi connectivity index (χ4v) is 4.00. The van der Waals surface area contributed by atoms with Crippen molar-refractivity contribution in [2.45, 2.75) is 37.2 Å². The number of carbonyl (C=O) groups is 2. The highest BCUT2D eigenvalue weighted by molar-refractivity contribution is 8.04. The van der Waals surface area contributed by atoms with Crippen LogP contribution in [0.25, 0.3) is 0 Å². The Balaban J connectivity index is 1.66. The van der Waals surface area contributed by atoms with Crippen LogP contribution in [0.1, 0.15) is 24.0 Å². The predicted molar refractivity (Wildman–Crippen MR) is 104 cm³/mol. The van der Waals surface area contributed by atoms with Gasteiger partial charge in [-0.1, -0.05) is 48.2 Å². The third kappa shape index (κ3) is 3.53. The maximum atomic E-state index is 13.1. The number of nitrogens with zero attached hydrogens (tertiary/aromatic N) is 1. The smallest absolute Gasteiger partial charge is 0.265 e. The molecule has 2 amide bonds. The van der Waals surface area contributed by atoms with E-state index in [9.17, 15) is 9.59 Å². The first-order valence-corrected chi connectivity index (χ1v) is 9.59. The van der Waals surface area contributed by atoms with Crippen LogP contribution in [0.3, 0.4) is 0 Å². The van der Waals surface area contributed by atoms with Gasteiger partial charge in [0.2, 0.25) is 5.91 Å². The van der Waals surface area contributed by atoms with Gasteiger partial charge >= 0.3 is 0 Å². The molecule has 1 aliphatic carbocycles.